The summed E-state index contributed by atoms with van der Waals surface area (Å²) in [5.41, 5.74) is 0.657. The smallest absolute Gasteiger partial charge is 0.293 e. The summed E-state index contributed by atoms with van der Waals surface area (Å²) in [7, 11) is 2.91. The molecule has 0 aromatic heterocycles. The molecule has 0 bridgehead atoms. The molecule has 0 saturated heterocycles. The average molecular weight is 367 g/mol. The second-order valence-corrected chi connectivity index (χ2v) is 5.48. The summed E-state index contributed by atoms with van der Waals surface area (Å²) in [6, 6.07) is 11.2. The summed E-state index contributed by atoms with van der Waals surface area (Å²) < 4.78 is 10.5. The van der Waals surface area contributed by atoms with Gasteiger partial charge in [0, 0.05) is 11.6 Å². The molecule has 2 aromatic rings. The first-order valence-corrected chi connectivity index (χ1v) is 7.80. The fraction of sp³-hybridized carbons (Fsp3) is 0.158. The normalized spacial score (nSPS) is 10.7. The first-order valence-electron chi connectivity index (χ1n) is 7.80. The molecule has 2 aromatic carbocycles. The molecular formula is C19H17N3O5. The highest BCUT2D eigenvalue weighted by Crippen LogP contribution is 2.32. The van der Waals surface area contributed by atoms with Gasteiger partial charge in [-0.3, -0.25) is 14.9 Å². The number of nitrogens with one attached hydrogen (secondary N) is 1. The molecule has 8 nitrogen and oxygen atoms in total. The van der Waals surface area contributed by atoms with Gasteiger partial charge in [-0.05, 0) is 30.7 Å². The Morgan fingerprint density at radius 2 is 2.00 bits per heavy atom. The number of amides is 1. The molecule has 0 aliphatic heterocycles. The molecule has 0 spiro atoms. The van der Waals surface area contributed by atoms with Crippen LogP contribution in [0.4, 0.5) is 11.4 Å². The Morgan fingerprint density at radius 3 is 2.59 bits per heavy atom. The van der Waals surface area contributed by atoms with Crippen LogP contribution in [0.1, 0.15) is 11.1 Å². The summed E-state index contributed by atoms with van der Waals surface area (Å²) >= 11 is 0. The van der Waals surface area contributed by atoms with E-state index in [4.69, 9.17) is 9.47 Å². The lowest BCUT2D eigenvalue weighted by Crippen LogP contribution is -2.14. The zero-order valence-corrected chi connectivity index (χ0v) is 15.0. The molecule has 8 heteroatoms. The Morgan fingerprint density at radius 1 is 1.26 bits per heavy atom. The van der Waals surface area contributed by atoms with Crippen molar-refractivity contribution in [3.05, 3.63) is 63.2 Å². The van der Waals surface area contributed by atoms with E-state index in [1.54, 1.807) is 37.3 Å². The maximum absolute atomic E-state index is 12.5. The molecule has 2 rings (SSSR count). The van der Waals surface area contributed by atoms with E-state index < -0.39 is 10.8 Å². The zero-order chi connectivity index (χ0) is 20.0. The Bertz CT molecular complexity index is 960. The predicted octanol–water partition coefficient (Wildman–Crippen LogP) is 3.47. The van der Waals surface area contributed by atoms with E-state index in [0.717, 1.165) is 0 Å². The van der Waals surface area contributed by atoms with Crippen molar-refractivity contribution in [1.82, 2.24) is 0 Å². The number of rotatable bonds is 6. The van der Waals surface area contributed by atoms with Crippen LogP contribution in [0, 0.1) is 28.4 Å². The van der Waals surface area contributed by atoms with Crippen molar-refractivity contribution in [3.63, 3.8) is 0 Å². The maximum atomic E-state index is 12.5. The molecular weight excluding hydrogens is 350 g/mol. The molecule has 0 unspecified atom stereocenters. The van der Waals surface area contributed by atoms with Crippen molar-refractivity contribution >= 4 is 23.4 Å². The van der Waals surface area contributed by atoms with Gasteiger partial charge in [0.25, 0.3) is 11.6 Å². The molecule has 0 saturated carbocycles. The zero-order valence-electron chi connectivity index (χ0n) is 15.0. The van der Waals surface area contributed by atoms with E-state index >= 15 is 0 Å². The number of nitro groups is 1. The highest BCUT2D eigenvalue weighted by atomic mass is 16.6. The molecule has 0 fully saturated rings. The van der Waals surface area contributed by atoms with E-state index in [1.165, 1.54) is 32.4 Å². The Kier molecular flexibility index (Phi) is 6.12. The number of carbonyl (C=O) groups excluding carboxylic acids is 1. The van der Waals surface area contributed by atoms with Crippen LogP contribution in [0.5, 0.6) is 11.5 Å². The third kappa shape index (κ3) is 4.41. The van der Waals surface area contributed by atoms with Crippen LogP contribution >= 0.6 is 0 Å². The maximum Gasteiger partial charge on any atom is 0.293 e. The minimum absolute atomic E-state index is 0.00866. The lowest BCUT2D eigenvalue weighted by Gasteiger charge is -2.10. The van der Waals surface area contributed by atoms with Crippen LogP contribution < -0.4 is 14.8 Å². The fourth-order valence-electron chi connectivity index (χ4n) is 2.42. The second-order valence-electron chi connectivity index (χ2n) is 5.48. The number of anilines is 1. The van der Waals surface area contributed by atoms with Crippen molar-refractivity contribution in [3.8, 4) is 17.6 Å². The number of methoxy groups -OCH3 is 2. The van der Waals surface area contributed by atoms with E-state index in [-0.39, 0.29) is 16.9 Å². The van der Waals surface area contributed by atoms with Gasteiger partial charge in [0.1, 0.15) is 17.3 Å². The van der Waals surface area contributed by atoms with Gasteiger partial charge in [-0.15, -0.1) is 0 Å². The number of carbonyl (C=O) groups is 1. The van der Waals surface area contributed by atoms with Crippen LogP contribution in [0.2, 0.25) is 0 Å². The van der Waals surface area contributed by atoms with Crippen molar-refractivity contribution in [2.45, 2.75) is 6.92 Å². The number of ether oxygens (including phenoxy) is 2. The van der Waals surface area contributed by atoms with E-state index in [1.807, 2.05) is 0 Å². The van der Waals surface area contributed by atoms with Gasteiger partial charge in [0.15, 0.2) is 11.5 Å². The molecule has 138 valence electrons. The minimum atomic E-state index is -0.769. The Hall–Kier alpha value is -3.86. The molecule has 0 radical (unpaired) electrons. The van der Waals surface area contributed by atoms with Crippen LogP contribution in [0.3, 0.4) is 0 Å². The molecule has 0 aliphatic carbocycles. The van der Waals surface area contributed by atoms with E-state index in [0.29, 0.717) is 22.6 Å². The van der Waals surface area contributed by atoms with Crippen molar-refractivity contribution in [2.75, 3.05) is 19.5 Å². The third-order valence-corrected chi connectivity index (χ3v) is 3.70. The van der Waals surface area contributed by atoms with Gasteiger partial charge in [-0.1, -0.05) is 18.2 Å². The number of aryl methyl sites for hydroxylation is 1. The van der Waals surface area contributed by atoms with Crippen molar-refractivity contribution in [2.24, 2.45) is 0 Å². The van der Waals surface area contributed by atoms with Gasteiger partial charge in [-0.25, -0.2) is 0 Å². The lowest BCUT2D eigenvalue weighted by atomic mass is 10.1. The van der Waals surface area contributed by atoms with Gasteiger partial charge in [0.2, 0.25) is 0 Å². The number of nitriles is 1. The summed E-state index contributed by atoms with van der Waals surface area (Å²) in [5, 5.41) is 23.0. The number of nitro benzene ring substituents is 1. The first-order chi connectivity index (χ1) is 12.9. The topological polar surface area (TPSA) is 114 Å². The highest BCUT2D eigenvalue weighted by molar-refractivity contribution is 6.10. The Labute approximate surface area is 155 Å². The fourth-order valence-corrected chi connectivity index (χ4v) is 2.42. The summed E-state index contributed by atoms with van der Waals surface area (Å²) in [5.74, 6) is 0.0364. The lowest BCUT2D eigenvalue weighted by molar-refractivity contribution is -0.384. The van der Waals surface area contributed by atoms with Crippen molar-refractivity contribution < 1.29 is 19.2 Å². The van der Waals surface area contributed by atoms with Gasteiger partial charge < -0.3 is 14.8 Å². The van der Waals surface area contributed by atoms with E-state index in [2.05, 4.69) is 5.32 Å². The summed E-state index contributed by atoms with van der Waals surface area (Å²) in [6.45, 7) is 1.70. The number of hydrogen-bond donors (Lipinski definition) is 1. The first kappa shape index (κ1) is 19.5. The average Bonchev–Trinajstić information content (AvgIpc) is 2.66. The predicted molar refractivity (Wildman–Crippen MR) is 99.6 cm³/mol. The second kappa shape index (κ2) is 8.49. The van der Waals surface area contributed by atoms with Gasteiger partial charge in [0.05, 0.1) is 19.1 Å². The molecule has 27 heavy (non-hydrogen) atoms. The summed E-state index contributed by atoms with van der Waals surface area (Å²) in [4.78, 5) is 23.1. The van der Waals surface area contributed by atoms with Crippen LogP contribution in [0.25, 0.3) is 6.08 Å². The molecule has 1 N–H and O–H groups in total. The molecule has 0 heterocycles. The number of nitrogens with zero attached hydrogens (tertiary/aromatic N) is 2. The third-order valence-electron chi connectivity index (χ3n) is 3.70. The monoisotopic (exact) mass is 367 g/mol. The Balaban J connectivity index is 2.40. The number of benzene rings is 2. The van der Waals surface area contributed by atoms with Crippen LogP contribution in [-0.4, -0.2) is 25.1 Å². The standard InChI is InChI=1S/C19H17N3O5/c1-12-7-8-15(16(9-12)22(24)25)21-19(23)14(11-20)10-13-5-4-6-17(26-2)18(13)27-3/h4-10H,1-3H3,(H,21,23)/b14-10+. The highest BCUT2D eigenvalue weighted by Gasteiger charge is 2.19. The number of hydrogen-bond acceptors (Lipinski definition) is 6. The molecule has 0 aliphatic rings. The SMILES string of the molecule is COc1cccc(/C=C(\C#N)C(=O)Nc2ccc(C)cc2[N+](=O)[O-])c1OC. The molecule has 0 atom stereocenters. The van der Waals surface area contributed by atoms with Gasteiger partial charge in [-0.2, -0.15) is 5.26 Å². The van der Waals surface area contributed by atoms with Crippen LogP contribution in [-0.2, 0) is 4.79 Å². The quantitative estimate of drug-likeness (QED) is 0.362. The molecule has 1 amide bonds. The van der Waals surface area contributed by atoms with E-state index in [9.17, 15) is 20.2 Å². The minimum Gasteiger partial charge on any atom is -0.493 e. The van der Waals surface area contributed by atoms with Crippen molar-refractivity contribution in [1.29, 1.82) is 5.26 Å². The van der Waals surface area contributed by atoms with Crippen LogP contribution in [0.15, 0.2) is 42.0 Å². The number of para-hydroxylation sites is 1. The van der Waals surface area contributed by atoms with Gasteiger partial charge >= 0.3 is 0 Å². The summed E-state index contributed by atoms with van der Waals surface area (Å²) in [6.07, 6.45) is 1.33. The largest absolute Gasteiger partial charge is 0.493 e.